The van der Waals surface area contributed by atoms with Gasteiger partial charge in [-0.1, -0.05) is 89.2 Å². The zero-order valence-electron chi connectivity index (χ0n) is 18.4. The van der Waals surface area contributed by atoms with Gasteiger partial charge in [0.05, 0.1) is 6.61 Å². The third-order valence-electron chi connectivity index (χ3n) is 5.53. The van der Waals surface area contributed by atoms with Crippen molar-refractivity contribution in [2.75, 3.05) is 6.61 Å². The van der Waals surface area contributed by atoms with Crippen molar-refractivity contribution in [2.45, 2.75) is 59.7 Å². The summed E-state index contributed by atoms with van der Waals surface area (Å²) in [6, 6.07) is 23.4. The smallest absolute Gasteiger partial charge is 0.204 e. The average Bonchev–Trinajstić information content (AvgIpc) is 2.72. The molecule has 3 rings (SSSR count). The highest BCUT2D eigenvalue weighted by Gasteiger charge is 2.27. The van der Waals surface area contributed by atoms with Crippen LogP contribution in [0, 0.1) is 5.41 Å². The van der Waals surface area contributed by atoms with Gasteiger partial charge in [0.1, 0.15) is 5.75 Å². The van der Waals surface area contributed by atoms with E-state index in [1.54, 1.807) is 0 Å². The second-order valence-corrected chi connectivity index (χ2v) is 8.95. The Labute approximate surface area is 175 Å². The van der Waals surface area contributed by atoms with E-state index in [0.29, 0.717) is 12.5 Å². The second kappa shape index (κ2) is 9.45. The van der Waals surface area contributed by atoms with Gasteiger partial charge in [0.15, 0.2) is 0 Å². The Balaban J connectivity index is 1.65. The Morgan fingerprint density at radius 1 is 0.862 bits per heavy atom. The van der Waals surface area contributed by atoms with E-state index in [1.165, 1.54) is 21.9 Å². The monoisotopic (exact) mass is 390 g/mol. The highest BCUT2D eigenvalue weighted by Crippen LogP contribution is 2.28. The van der Waals surface area contributed by atoms with E-state index in [1.807, 2.05) is 0 Å². The molecule has 0 amide bonds. The van der Waals surface area contributed by atoms with Crippen molar-refractivity contribution in [2.24, 2.45) is 5.41 Å². The number of benzene rings is 3. The molecule has 0 saturated carbocycles. The summed E-state index contributed by atoms with van der Waals surface area (Å²) >= 11 is 0. The Morgan fingerprint density at radius 2 is 1.55 bits per heavy atom. The molecule has 0 aliphatic rings. The van der Waals surface area contributed by atoms with E-state index < -0.39 is 0 Å². The number of fused-ring (bicyclic) bond motifs is 1. The highest BCUT2D eigenvalue weighted by molar-refractivity contribution is 5.85. The van der Waals surface area contributed by atoms with Crippen molar-refractivity contribution in [3.63, 3.8) is 0 Å². The first-order chi connectivity index (χ1) is 13.9. The molecule has 0 saturated heterocycles. The molecule has 154 valence electrons. The van der Waals surface area contributed by atoms with Gasteiger partial charge in [-0.3, -0.25) is 0 Å². The van der Waals surface area contributed by atoms with Crippen LogP contribution in [0.15, 0.2) is 66.7 Å². The Morgan fingerprint density at radius 3 is 2.24 bits per heavy atom. The van der Waals surface area contributed by atoms with Crippen LogP contribution in [0.5, 0.6) is 5.75 Å². The molecular formula is C27H34O2. The fraction of sp³-hybridized carbons (Fsp3) is 0.407. The Bertz CT molecular complexity index is 900. The standard InChI is InChI=1S/C27H34O2/c1-6-20(2)21-14-16-24(17-15-21)29-26(27(3,4)5)28-19-18-23-12-9-11-22-10-7-8-13-25(22)23/h7-17,20,26H,6,18-19H2,1-5H3. The van der Waals surface area contributed by atoms with Crippen molar-refractivity contribution in [3.8, 4) is 5.75 Å². The minimum absolute atomic E-state index is 0.117. The van der Waals surface area contributed by atoms with Crippen molar-refractivity contribution in [3.05, 3.63) is 77.9 Å². The molecule has 2 heteroatoms. The predicted molar refractivity (Wildman–Crippen MR) is 123 cm³/mol. The van der Waals surface area contributed by atoms with Crippen LogP contribution in [0.25, 0.3) is 10.8 Å². The fourth-order valence-electron chi connectivity index (χ4n) is 3.48. The molecule has 0 aliphatic carbocycles. The quantitative estimate of drug-likeness (QED) is 0.374. The molecule has 0 aliphatic heterocycles. The fourth-order valence-corrected chi connectivity index (χ4v) is 3.48. The molecule has 2 unspecified atom stereocenters. The number of hydrogen-bond acceptors (Lipinski definition) is 2. The first kappa shape index (κ1) is 21.4. The topological polar surface area (TPSA) is 18.5 Å². The average molecular weight is 391 g/mol. The third kappa shape index (κ3) is 5.61. The highest BCUT2D eigenvalue weighted by atomic mass is 16.7. The summed E-state index contributed by atoms with van der Waals surface area (Å²) in [6.45, 7) is 11.6. The molecule has 0 bridgehead atoms. The molecule has 0 aromatic heterocycles. The number of rotatable bonds is 8. The summed E-state index contributed by atoms with van der Waals surface area (Å²) < 4.78 is 12.5. The maximum atomic E-state index is 6.25. The molecule has 0 heterocycles. The largest absolute Gasteiger partial charge is 0.464 e. The van der Waals surface area contributed by atoms with Crippen molar-refractivity contribution in [1.82, 2.24) is 0 Å². The van der Waals surface area contributed by atoms with Gasteiger partial charge in [0.2, 0.25) is 6.29 Å². The summed E-state index contributed by atoms with van der Waals surface area (Å²) in [5.41, 5.74) is 2.55. The molecule has 2 nitrogen and oxygen atoms in total. The molecule has 0 spiro atoms. The summed E-state index contributed by atoms with van der Waals surface area (Å²) in [7, 11) is 0. The van der Waals surface area contributed by atoms with Gasteiger partial charge in [0.25, 0.3) is 0 Å². The van der Waals surface area contributed by atoms with Crippen LogP contribution in [0.1, 0.15) is 58.1 Å². The van der Waals surface area contributed by atoms with Gasteiger partial charge in [-0.2, -0.15) is 0 Å². The lowest BCUT2D eigenvalue weighted by molar-refractivity contribution is -0.140. The summed E-state index contributed by atoms with van der Waals surface area (Å²) in [5.74, 6) is 1.43. The van der Waals surface area contributed by atoms with Crippen LogP contribution in [0.2, 0.25) is 0 Å². The van der Waals surface area contributed by atoms with Crippen molar-refractivity contribution in [1.29, 1.82) is 0 Å². The van der Waals surface area contributed by atoms with Crippen LogP contribution in [0.4, 0.5) is 0 Å². The van der Waals surface area contributed by atoms with Crippen molar-refractivity contribution >= 4 is 10.8 Å². The van der Waals surface area contributed by atoms with Gasteiger partial charge in [-0.15, -0.1) is 0 Å². The Kier molecular flexibility index (Phi) is 6.97. The minimum atomic E-state index is -0.299. The van der Waals surface area contributed by atoms with Crippen LogP contribution >= 0.6 is 0 Å². The van der Waals surface area contributed by atoms with E-state index in [4.69, 9.17) is 9.47 Å². The predicted octanol–water partition coefficient (Wildman–Crippen LogP) is 7.36. The van der Waals surface area contributed by atoms with Gasteiger partial charge in [-0.25, -0.2) is 0 Å². The molecule has 0 N–H and O–H groups in total. The lowest BCUT2D eigenvalue weighted by Gasteiger charge is -2.31. The maximum absolute atomic E-state index is 6.25. The van der Waals surface area contributed by atoms with E-state index in [2.05, 4.69) is 101 Å². The molecule has 29 heavy (non-hydrogen) atoms. The van der Waals surface area contributed by atoms with Crippen LogP contribution in [0.3, 0.4) is 0 Å². The molecule has 0 radical (unpaired) electrons. The summed E-state index contributed by atoms with van der Waals surface area (Å²) in [6.07, 6.45) is 1.71. The lowest BCUT2D eigenvalue weighted by atomic mass is 9.95. The van der Waals surface area contributed by atoms with E-state index in [0.717, 1.165) is 18.6 Å². The maximum Gasteiger partial charge on any atom is 0.204 e. The molecule has 0 fully saturated rings. The second-order valence-electron chi connectivity index (χ2n) is 8.95. The summed E-state index contributed by atoms with van der Waals surface area (Å²) in [5, 5.41) is 2.57. The van der Waals surface area contributed by atoms with E-state index in [9.17, 15) is 0 Å². The minimum Gasteiger partial charge on any atom is -0.464 e. The van der Waals surface area contributed by atoms with Gasteiger partial charge in [0, 0.05) is 5.41 Å². The summed E-state index contributed by atoms with van der Waals surface area (Å²) in [4.78, 5) is 0. The van der Waals surface area contributed by atoms with Crippen LogP contribution in [-0.2, 0) is 11.2 Å². The molecule has 2 atom stereocenters. The Hall–Kier alpha value is -2.32. The van der Waals surface area contributed by atoms with Gasteiger partial charge < -0.3 is 9.47 Å². The van der Waals surface area contributed by atoms with E-state index >= 15 is 0 Å². The van der Waals surface area contributed by atoms with Gasteiger partial charge >= 0.3 is 0 Å². The number of ether oxygens (including phenoxy) is 2. The van der Waals surface area contributed by atoms with Crippen LogP contribution < -0.4 is 4.74 Å². The van der Waals surface area contributed by atoms with Crippen molar-refractivity contribution < 1.29 is 9.47 Å². The SMILES string of the molecule is CCC(C)c1ccc(OC(OCCc2cccc3ccccc23)C(C)(C)C)cc1. The molecule has 3 aromatic rings. The number of hydrogen-bond donors (Lipinski definition) is 0. The van der Waals surface area contributed by atoms with Crippen LogP contribution in [-0.4, -0.2) is 12.9 Å². The third-order valence-corrected chi connectivity index (χ3v) is 5.53. The lowest BCUT2D eigenvalue weighted by Crippen LogP contribution is -2.35. The molecular weight excluding hydrogens is 356 g/mol. The van der Waals surface area contributed by atoms with Gasteiger partial charge in [-0.05, 0) is 52.8 Å². The molecule has 3 aromatic carbocycles. The zero-order chi connectivity index (χ0) is 20.9. The normalized spacial score (nSPS) is 14.0. The van der Waals surface area contributed by atoms with E-state index in [-0.39, 0.29) is 11.7 Å². The zero-order valence-corrected chi connectivity index (χ0v) is 18.4. The first-order valence-corrected chi connectivity index (χ1v) is 10.7. The first-order valence-electron chi connectivity index (χ1n) is 10.7.